The number of anilines is 2. The van der Waals surface area contributed by atoms with Crippen molar-refractivity contribution in [1.82, 2.24) is 5.32 Å². The third-order valence-corrected chi connectivity index (χ3v) is 4.17. The monoisotopic (exact) mass is 265 g/mol. The molecule has 4 N–H and O–H groups in total. The summed E-state index contributed by atoms with van der Waals surface area (Å²) >= 11 is 2.00. The van der Waals surface area contributed by atoms with Crippen molar-refractivity contribution in [3.63, 3.8) is 0 Å². The minimum Gasteiger partial charge on any atom is -0.397 e. The zero-order chi connectivity index (χ0) is 13.0. The van der Waals surface area contributed by atoms with Crippen molar-refractivity contribution in [2.75, 3.05) is 29.6 Å². The molecule has 0 bridgehead atoms. The Labute approximate surface area is 112 Å². The number of carbonyl (C=O) groups excluding carboxylic acids is 1. The highest BCUT2D eigenvalue weighted by molar-refractivity contribution is 7.99. The van der Waals surface area contributed by atoms with Gasteiger partial charge in [0.15, 0.2) is 0 Å². The Hall–Kier alpha value is -1.36. The van der Waals surface area contributed by atoms with Gasteiger partial charge in [0.05, 0.1) is 11.4 Å². The molecule has 4 nitrogen and oxygen atoms in total. The lowest BCUT2D eigenvalue weighted by Gasteiger charge is -2.24. The summed E-state index contributed by atoms with van der Waals surface area (Å²) in [6, 6.07) is 5.91. The molecule has 0 spiro atoms. The molecule has 1 aromatic carbocycles. The van der Waals surface area contributed by atoms with Crippen LogP contribution in [0.1, 0.15) is 23.2 Å². The van der Waals surface area contributed by atoms with Crippen molar-refractivity contribution < 1.29 is 4.79 Å². The zero-order valence-corrected chi connectivity index (χ0v) is 11.3. The number of thioether (sulfide) groups is 1. The summed E-state index contributed by atoms with van der Waals surface area (Å²) < 4.78 is 0. The van der Waals surface area contributed by atoms with Crippen molar-refractivity contribution in [3.8, 4) is 0 Å². The molecule has 1 aromatic rings. The summed E-state index contributed by atoms with van der Waals surface area (Å²) in [7, 11) is 1.62. The number of amides is 1. The van der Waals surface area contributed by atoms with Gasteiger partial charge in [0.25, 0.3) is 5.91 Å². The molecule has 0 aliphatic carbocycles. The second kappa shape index (κ2) is 6.00. The number of benzene rings is 1. The number of carbonyl (C=O) groups is 1. The lowest BCUT2D eigenvalue weighted by molar-refractivity contribution is 0.0963. The van der Waals surface area contributed by atoms with E-state index in [1.165, 1.54) is 24.3 Å². The minimum absolute atomic E-state index is 0.109. The highest BCUT2D eigenvalue weighted by atomic mass is 32.2. The van der Waals surface area contributed by atoms with Gasteiger partial charge in [-0.25, -0.2) is 0 Å². The highest BCUT2D eigenvalue weighted by Crippen LogP contribution is 2.25. The molecule has 1 saturated heterocycles. The van der Waals surface area contributed by atoms with E-state index in [9.17, 15) is 4.79 Å². The van der Waals surface area contributed by atoms with Crippen molar-refractivity contribution in [1.29, 1.82) is 0 Å². The van der Waals surface area contributed by atoms with Crippen molar-refractivity contribution in [2.24, 2.45) is 0 Å². The van der Waals surface area contributed by atoms with Gasteiger partial charge in [-0.05, 0) is 42.5 Å². The van der Waals surface area contributed by atoms with E-state index in [-0.39, 0.29) is 5.91 Å². The van der Waals surface area contributed by atoms with E-state index in [1.807, 2.05) is 17.8 Å². The van der Waals surface area contributed by atoms with Crippen LogP contribution in [0, 0.1) is 0 Å². The predicted octanol–water partition coefficient (Wildman–Crippen LogP) is 1.94. The summed E-state index contributed by atoms with van der Waals surface area (Å²) in [5.74, 6) is 2.30. The van der Waals surface area contributed by atoms with E-state index in [0.29, 0.717) is 17.3 Å². The zero-order valence-electron chi connectivity index (χ0n) is 10.5. The highest BCUT2D eigenvalue weighted by Gasteiger charge is 2.14. The summed E-state index contributed by atoms with van der Waals surface area (Å²) in [6.45, 7) is 0. The van der Waals surface area contributed by atoms with Crippen molar-refractivity contribution in [2.45, 2.75) is 18.9 Å². The van der Waals surface area contributed by atoms with Crippen molar-refractivity contribution >= 4 is 29.0 Å². The van der Waals surface area contributed by atoms with Crippen LogP contribution < -0.4 is 16.4 Å². The quantitative estimate of drug-likeness (QED) is 0.731. The Balaban J connectivity index is 2.07. The summed E-state index contributed by atoms with van der Waals surface area (Å²) in [6.07, 6.45) is 2.34. The van der Waals surface area contributed by atoms with Crippen LogP contribution in [0.15, 0.2) is 18.2 Å². The molecule has 0 unspecified atom stereocenters. The van der Waals surface area contributed by atoms with Gasteiger partial charge < -0.3 is 16.4 Å². The second-order valence-electron chi connectivity index (χ2n) is 4.41. The number of hydrogen-bond donors (Lipinski definition) is 3. The van der Waals surface area contributed by atoms with Gasteiger partial charge in [-0.1, -0.05) is 0 Å². The van der Waals surface area contributed by atoms with Crippen LogP contribution in [0.25, 0.3) is 0 Å². The van der Waals surface area contributed by atoms with Gasteiger partial charge in [0, 0.05) is 18.7 Å². The van der Waals surface area contributed by atoms with E-state index in [2.05, 4.69) is 10.6 Å². The van der Waals surface area contributed by atoms with Crippen LogP contribution in [0.5, 0.6) is 0 Å². The maximum absolute atomic E-state index is 11.5. The SMILES string of the molecule is CNC(=O)c1ccc(NC2CCSCC2)c(N)c1. The normalized spacial score (nSPS) is 16.3. The van der Waals surface area contributed by atoms with Gasteiger partial charge in [0.1, 0.15) is 0 Å². The van der Waals surface area contributed by atoms with E-state index in [4.69, 9.17) is 5.73 Å². The fraction of sp³-hybridized carbons (Fsp3) is 0.462. The average molecular weight is 265 g/mol. The van der Waals surface area contributed by atoms with Crippen LogP contribution in [0.4, 0.5) is 11.4 Å². The first-order chi connectivity index (χ1) is 8.70. The Kier molecular flexibility index (Phi) is 4.36. The van der Waals surface area contributed by atoms with Crippen LogP contribution in [-0.2, 0) is 0 Å². The second-order valence-corrected chi connectivity index (χ2v) is 5.64. The first-order valence-corrected chi connectivity index (χ1v) is 7.32. The molecule has 0 aromatic heterocycles. The molecule has 1 aliphatic heterocycles. The lowest BCUT2D eigenvalue weighted by atomic mass is 10.1. The molecule has 1 heterocycles. The molecule has 0 atom stereocenters. The average Bonchev–Trinajstić information content (AvgIpc) is 2.41. The number of nitrogen functional groups attached to an aromatic ring is 1. The number of nitrogens with one attached hydrogen (secondary N) is 2. The molecule has 2 rings (SSSR count). The summed E-state index contributed by atoms with van der Waals surface area (Å²) in [5.41, 5.74) is 8.14. The fourth-order valence-electron chi connectivity index (χ4n) is 2.04. The third kappa shape index (κ3) is 3.10. The molecule has 18 heavy (non-hydrogen) atoms. The molecular weight excluding hydrogens is 246 g/mol. The fourth-order valence-corrected chi connectivity index (χ4v) is 3.15. The largest absolute Gasteiger partial charge is 0.397 e. The first-order valence-electron chi connectivity index (χ1n) is 6.16. The van der Waals surface area contributed by atoms with Crippen LogP contribution in [0.2, 0.25) is 0 Å². The standard InChI is InChI=1S/C13H19N3OS/c1-15-13(17)9-2-3-12(11(14)8-9)16-10-4-6-18-7-5-10/h2-3,8,10,16H,4-7,14H2,1H3,(H,15,17). The maximum Gasteiger partial charge on any atom is 0.251 e. The Morgan fingerprint density at radius 3 is 2.72 bits per heavy atom. The summed E-state index contributed by atoms with van der Waals surface area (Å²) in [5, 5.41) is 6.05. The van der Waals surface area contributed by atoms with Crippen LogP contribution >= 0.6 is 11.8 Å². The first kappa shape index (κ1) is 13.1. The smallest absolute Gasteiger partial charge is 0.251 e. The van der Waals surface area contributed by atoms with E-state index < -0.39 is 0 Å². The van der Waals surface area contributed by atoms with Gasteiger partial charge in [-0.2, -0.15) is 11.8 Å². The summed E-state index contributed by atoms with van der Waals surface area (Å²) in [4.78, 5) is 11.5. The molecule has 1 amide bonds. The van der Waals surface area contributed by atoms with E-state index >= 15 is 0 Å². The topological polar surface area (TPSA) is 67.2 Å². The van der Waals surface area contributed by atoms with Gasteiger partial charge in [-0.3, -0.25) is 4.79 Å². The molecule has 0 radical (unpaired) electrons. The lowest BCUT2D eigenvalue weighted by Crippen LogP contribution is -2.25. The number of rotatable bonds is 3. The van der Waals surface area contributed by atoms with Crippen molar-refractivity contribution in [3.05, 3.63) is 23.8 Å². The molecule has 5 heteroatoms. The number of nitrogens with two attached hydrogens (primary N) is 1. The van der Waals surface area contributed by atoms with Gasteiger partial charge in [-0.15, -0.1) is 0 Å². The number of hydrogen-bond acceptors (Lipinski definition) is 4. The van der Waals surface area contributed by atoms with Crippen LogP contribution in [-0.4, -0.2) is 30.5 Å². The molecule has 0 saturated carbocycles. The molecular formula is C13H19N3OS. The van der Waals surface area contributed by atoms with E-state index in [1.54, 1.807) is 19.2 Å². The Bertz CT molecular complexity index is 430. The minimum atomic E-state index is -0.109. The van der Waals surface area contributed by atoms with Gasteiger partial charge in [0.2, 0.25) is 0 Å². The van der Waals surface area contributed by atoms with Gasteiger partial charge >= 0.3 is 0 Å². The molecule has 98 valence electrons. The van der Waals surface area contributed by atoms with Crippen LogP contribution in [0.3, 0.4) is 0 Å². The Morgan fingerprint density at radius 1 is 1.39 bits per heavy atom. The molecule has 1 fully saturated rings. The maximum atomic E-state index is 11.5. The Morgan fingerprint density at radius 2 is 2.11 bits per heavy atom. The van der Waals surface area contributed by atoms with E-state index in [0.717, 1.165) is 5.69 Å². The predicted molar refractivity (Wildman–Crippen MR) is 78.2 cm³/mol. The molecule has 1 aliphatic rings. The third-order valence-electron chi connectivity index (χ3n) is 3.12.